The van der Waals surface area contributed by atoms with Gasteiger partial charge >= 0.3 is 0 Å². The van der Waals surface area contributed by atoms with Crippen molar-refractivity contribution in [2.75, 3.05) is 0 Å². The predicted octanol–water partition coefficient (Wildman–Crippen LogP) is 15.9. The molecule has 2 saturated carbocycles. The standard InChI is InChI=1S/C46H84N2O/c47-43-35-27-19-25-33-41-45(37-29-21-15-11-7-3-1-4-8-12-16-22-30-38-45)49-46(42-34-26-20-28-36-44-48)39-31-23-17-13-9-5-2-6-10-14-18-24-32-40-46/h1-42H2. The lowest BCUT2D eigenvalue weighted by Crippen LogP contribution is -2.45. The summed E-state index contributed by atoms with van der Waals surface area (Å²) in [7, 11) is 0. The fourth-order valence-corrected chi connectivity index (χ4v) is 9.20. The van der Waals surface area contributed by atoms with Crippen molar-refractivity contribution in [2.45, 2.75) is 281 Å². The molecule has 2 fully saturated rings. The van der Waals surface area contributed by atoms with E-state index >= 15 is 0 Å². The van der Waals surface area contributed by atoms with Crippen LogP contribution in [0.3, 0.4) is 0 Å². The number of hydrogen-bond donors (Lipinski definition) is 0. The van der Waals surface area contributed by atoms with E-state index in [0.717, 1.165) is 12.8 Å². The van der Waals surface area contributed by atoms with Gasteiger partial charge in [-0.2, -0.15) is 10.5 Å². The maximum atomic E-state index is 9.12. The molecule has 0 aromatic carbocycles. The molecule has 0 aromatic heterocycles. The molecule has 2 aliphatic carbocycles. The zero-order chi connectivity index (χ0) is 34.8. The largest absolute Gasteiger partial charge is 0.369 e. The van der Waals surface area contributed by atoms with Gasteiger partial charge in [0.2, 0.25) is 0 Å². The Labute approximate surface area is 307 Å². The summed E-state index contributed by atoms with van der Waals surface area (Å²) in [6.45, 7) is 0. The van der Waals surface area contributed by atoms with Crippen LogP contribution in [0.1, 0.15) is 270 Å². The number of hydrogen-bond acceptors (Lipinski definition) is 3. The van der Waals surface area contributed by atoms with E-state index in [1.165, 1.54) is 244 Å². The molecule has 2 aliphatic rings. The minimum Gasteiger partial charge on any atom is -0.369 e. The molecule has 0 spiro atoms. The molecule has 0 heterocycles. The maximum Gasteiger partial charge on any atom is 0.0690 e. The summed E-state index contributed by atoms with van der Waals surface area (Å²) in [6, 6.07) is 4.74. The Morgan fingerprint density at radius 1 is 0.306 bits per heavy atom. The van der Waals surface area contributed by atoms with Gasteiger partial charge in [-0.1, -0.05) is 205 Å². The molecular weight excluding hydrogens is 597 g/mol. The number of rotatable bonds is 14. The smallest absolute Gasteiger partial charge is 0.0690 e. The highest BCUT2D eigenvalue weighted by molar-refractivity contribution is 4.91. The van der Waals surface area contributed by atoms with Crippen molar-refractivity contribution in [3.05, 3.63) is 0 Å². The van der Waals surface area contributed by atoms with Gasteiger partial charge in [0.05, 0.1) is 23.3 Å². The second-order valence-corrected chi connectivity index (χ2v) is 16.8. The summed E-state index contributed by atoms with van der Waals surface area (Å²) in [5.41, 5.74) is 0.0435. The number of unbranched alkanes of at least 4 members (excludes halogenated alkanes) is 8. The molecule has 2 rings (SSSR count). The molecule has 0 aliphatic heterocycles. The normalized spacial score (nSPS) is 22.0. The number of nitriles is 2. The minimum atomic E-state index is 0.0218. The predicted molar refractivity (Wildman–Crippen MR) is 212 cm³/mol. The van der Waals surface area contributed by atoms with Crippen LogP contribution in [0.25, 0.3) is 0 Å². The van der Waals surface area contributed by atoms with Crippen molar-refractivity contribution in [1.29, 1.82) is 10.5 Å². The highest BCUT2D eigenvalue weighted by Crippen LogP contribution is 2.43. The van der Waals surface area contributed by atoms with E-state index in [4.69, 9.17) is 15.3 Å². The summed E-state index contributed by atoms with van der Waals surface area (Å²) in [5, 5.41) is 18.2. The second-order valence-electron chi connectivity index (χ2n) is 16.8. The lowest BCUT2D eigenvalue weighted by atomic mass is 9.80. The van der Waals surface area contributed by atoms with Crippen LogP contribution in [0.5, 0.6) is 0 Å². The van der Waals surface area contributed by atoms with E-state index in [0.29, 0.717) is 12.8 Å². The topological polar surface area (TPSA) is 56.8 Å². The van der Waals surface area contributed by atoms with Crippen LogP contribution < -0.4 is 0 Å². The van der Waals surface area contributed by atoms with Gasteiger partial charge in [0.1, 0.15) is 0 Å². The molecule has 0 atom stereocenters. The quantitative estimate of drug-likeness (QED) is 0.172. The average Bonchev–Trinajstić information content (AvgIpc) is 3.10. The van der Waals surface area contributed by atoms with Crippen molar-refractivity contribution < 1.29 is 4.74 Å². The third-order valence-corrected chi connectivity index (χ3v) is 12.3. The molecule has 49 heavy (non-hydrogen) atoms. The monoisotopic (exact) mass is 681 g/mol. The zero-order valence-corrected chi connectivity index (χ0v) is 33.0. The molecule has 3 nitrogen and oxygen atoms in total. The zero-order valence-electron chi connectivity index (χ0n) is 33.0. The van der Waals surface area contributed by atoms with Crippen LogP contribution in [0, 0.1) is 22.7 Å². The van der Waals surface area contributed by atoms with Crippen LogP contribution in [-0.2, 0) is 4.74 Å². The van der Waals surface area contributed by atoms with Crippen LogP contribution >= 0.6 is 0 Å². The first-order valence-corrected chi connectivity index (χ1v) is 22.7. The number of ether oxygens (including phenoxy) is 1. The van der Waals surface area contributed by atoms with Crippen LogP contribution in [0.4, 0.5) is 0 Å². The van der Waals surface area contributed by atoms with Crippen LogP contribution in [0.2, 0.25) is 0 Å². The van der Waals surface area contributed by atoms with Crippen molar-refractivity contribution in [3.8, 4) is 12.1 Å². The first kappa shape index (κ1) is 44.1. The van der Waals surface area contributed by atoms with E-state index in [9.17, 15) is 0 Å². The maximum absolute atomic E-state index is 9.12. The summed E-state index contributed by atoms with van der Waals surface area (Å²) in [6.07, 6.45) is 54.9. The Morgan fingerprint density at radius 3 is 0.776 bits per heavy atom. The Bertz CT molecular complexity index is 711. The summed E-state index contributed by atoms with van der Waals surface area (Å²) < 4.78 is 8.07. The van der Waals surface area contributed by atoms with Gasteiger partial charge in [-0.3, -0.25) is 0 Å². The highest BCUT2D eigenvalue weighted by Gasteiger charge is 2.40. The van der Waals surface area contributed by atoms with Crippen LogP contribution in [-0.4, -0.2) is 11.2 Å². The van der Waals surface area contributed by atoms with Gasteiger partial charge < -0.3 is 4.74 Å². The molecule has 0 saturated heterocycles. The van der Waals surface area contributed by atoms with Crippen molar-refractivity contribution in [1.82, 2.24) is 0 Å². The summed E-state index contributed by atoms with van der Waals surface area (Å²) >= 11 is 0. The third-order valence-electron chi connectivity index (χ3n) is 12.3. The summed E-state index contributed by atoms with van der Waals surface area (Å²) in [5.74, 6) is 0. The fourth-order valence-electron chi connectivity index (χ4n) is 9.20. The van der Waals surface area contributed by atoms with Gasteiger partial charge in [0, 0.05) is 12.8 Å². The van der Waals surface area contributed by atoms with Crippen molar-refractivity contribution in [2.24, 2.45) is 0 Å². The van der Waals surface area contributed by atoms with Crippen LogP contribution in [0.15, 0.2) is 0 Å². The van der Waals surface area contributed by atoms with Gasteiger partial charge in [-0.25, -0.2) is 0 Å². The molecule has 0 amide bonds. The van der Waals surface area contributed by atoms with E-state index in [-0.39, 0.29) is 11.2 Å². The SMILES string of the molecule is N#CCCCCCCC1(OC2(CCCCCCC#N)CCCCCCCCCCCCCCC2)CCCCCCCCCCCCCCC1. The highest BCUT2D eigenvalue weighted by atomic mass is 16.5. The van der Waals surface area contributed by atoms with E-state index in [1.807, 2.05) is 0 Å². The second kappa shape index (κ2) is 31.7. The molecule has 3 heteroatoms. The molecule has 0 aromatic rings. The molecular formula is C46H84N2O. The van der Waals surface area contributed by atoms with E-state index in [2.05, 4.69) is 12.1 Å². The minimum absolute atomic E-state index is 0.0218. The molecule has 0 radical (unpaired) electrons. The van der Waals surface area contributed by atoms with Crippen molar-refractivity contribution in [3.63, 3.8) is 0 Å². The van der Waals surface area contributed by atoms with Gasteiger partial charge in [-0.15, -0.1) is 0 Å². The van der Waals surface area contributed by atoms with Gasteiger partial charge in [-0.05, 0) is 51.4 Å². The molecule has 284 valence electrons. The average molecular weight is 681 g/mol. The Hall–Kier alpha value is -1.06. The van der Waals surface area contributed by atoms with E-state index < -0.39 is 0 Å². The lowest BCUT2D eigenvalue weighted by Gasteiger charge is -2.46. The van der Waals surface area contributed by atoms with Gasteiger partial charge in [0.15, 0.2) is 0 Å². The van der Waals surface area contributed by atoms with Gasteiger partial charge in [0.25, 0.3) is 0 Å². The first-order valence-electron chi connectivity index (χ1n) is 22.7. The summed E-state index contributed by atoms with van der Waals surface area (Å²) in [4.78, 5) is 0. The molecule has 0 N–H and O–H groups in total. The first-order chi connectivity index (χ1) is 24.2. The molecule has 0 unspecified atom stereocenters. The number of nitrogens with zero attached hydrogens (tertiary/aromatic N) is 2. The Kier molecular flexibility index (Phi) is 28.5. The van der Waals surface area contributed by atoms with Crippen molar-refractivity contribution >= 4 is 0 Å². The Balaban J connectivity index is 2.31. The Morgan fingerprint density at radius 2 is 0.531 bits per heavy atom. The van der Waals surface area contributed by atoms with E-state index in [1.54, 1.807) is 0 Å². The fraction of sp³-hybridized carbons (Fsp3) is 0.957. The third kappa shape index (κ3) is 23.9. The molecule has 0 bridgehead atoms. The lowest BCUT2D eigenvalue weighted by molar-refractivity contribution is -0.182.